The number of phenols is 1. The van der Waals surface area contributed by atoms with Crippen LogP contribution in [0.25, 0.3) is 11.4 Å². The number of rotatable bonds is 6. The molecule has 1 aromatic heterocycles. The fraction of sp³-hybridized carbons (Fsp3) is 0.222. The maximum absolute atomic E-state index is 11.6. The van der Waals surface area contributed by atoms with Gasteiger partial charge in [-0.1, -0.05) is 13.3 Å². The zero-order chi connectivity index (χ0) is 17.8. The van der Waals surface area contributed by atoms with Gasteiger partial charge in [-0.05, 0) is 55.0 Å². The molecule has 3 rings (SSSR count). The molecule has 0 bridgehead atoms. The van der Waals surface area contributed by atoms with Crippen LogP contribution in [0.2, 0.25) is 0 Å². The first kappa shape index (κ1) is 16.6. The molecule has 0 fully saturated rings. The molecule has 0 aliphatic carbocycles. The lowest BCUT2D eigenvalue weighted by molar-refractivity contribution is 0.101. The fourth-order valence-electron chi connectivity index (χ4n) is 2.57. The van der Waals surface area contributed by atoms with Crippen LogP contribution in [-0.2, 0) is 6.42 Å². The van der Waals surface area contributed by atoms with Gasteiger partial charge < -0.3 is 9.84 Å². The van der Waals surface area contributed by atoms with Gasteiger partial charge in [0.1, 0.15) is 17.2 Å². The van der Waals surface area contributed by atoms with E-state index in [1.807, 2.05) is 19.1 Å². The Morgan fingerprint density at radius 2 is 1.96 bits per heavy atom. The molecule has 128 valence electrons. The number of tetrazole rings is 1. The number of nitrogens with one attached hydrogen (secondary N) is 1. The average Bonchev–Trinajstić information content (AvgIpc) is 3.13. The number of hydrogen-bond acceptors (Lipinski definition) is 6. The van der Waals surface area contributed by atoms with Gasteiger partial charge in [0.25, 0.3) is 0 Å². The molecular weight excluding hydrogens is 320 g/mol. The summed E-state index contributed by atoms with van der Waals surface area (Å²) in [4.78, 5) is 11.6. The molecule has 0 unspecified atom stereocenters. The smallest absolute Gasteiger partial charge is 0.204 e. The fourth-order valence-corrected chi connectivity index (χ4v) is 2.57. The summed E-state index contributed by atoms with van der Waals surface area (Å²) < 4.78 is 5.91. The Balaban J connectivity index is 1.89. The molecule has 0 saturated heterocycles. The number of ether oxygens (including phenoxy) is 1. The number of carbonyl (C=O) groups excluding carboxylic acids is 1. The second-order valence-electron chi connectivity index (χ2n) is 5.61. The van der Waals surface area contributed by atoms with Crippen LogP contribution in [0.4, 0.5) is 0 Å². The molecule has 0 atom stereocenters. The van der Waals surface area contributed by atoms with Gasteiger partial charge in [0.15, 0.2) is 5.78 Å². The Hall–Kier alpha value is -3.22. The largest absolute Gasteiger partial charge is 0.507 e. The first-order valence-electron chi connectivity index (χ1n) is 7.97. The monoisotopic (exact) mass is 338 g/mol. The zero-order valence-corrected chi connectivity index (χ0v) is 14.0. The summed E-state index contributed by atoms with van der Waals surface area (Å²) >= 11 is 0. The summed E-state index contributed by atoms with van der Waals surface area (Å²) in [6.45, 7) is 3.44. The molecule has 2 aromatic carbocycles. The molecule has 1 heterocycles. The predicted octanol–water partition coefficient (Wildman–Crippen LogP) is 3.52. The summed E-state index contributed by atoms with van der Waals surface area (Å²) in [6, 6.07) is 10.5. The highest BCUT2D eigenvalue weighted by atomic mass is 16.5. The van der Waals surface area contributed by atoms with Crippen LogP contribution in [0, 0.1) is 0 Å². The van der Waals surface area contributed by atoms with E-state index in [1.165, 1.54) is 6.92 Å². The number of phenolic OH excluding ortho intramolecular Hbond substituents is 1. The van der Waals surface area contributed by atoms with E-state index in [-0.39, 0.29) is 11.5 Å². The zero-order valence-electron chi connectivity index (χ0n) is 14.0. The van der Waals surface area contributed by atoms with Gasteiger partial charge >= 0.3 is 0 Å². The Morgan fingerprint density at radius 3 is 2.56 bits per heavy atom. The number of benzene rings is 2. The van der Waals surface area contributed by atoms with Crippen molar-refractivity contribution in [2.24, 2.45) is 0 Å². The molecule has 0 spiro atoms. The van der Waals surface area contributed by atoms with Crippen molar-refractivity contribution in [1.82, 2.24) is 20.6 Å². The highest BCUT2D eigenvalue weighted by Crippen LogP contribution is 2.35. The quantitative estimate of drug-likeness (QED) is 0.667. The summed E-state index contributed by atoms with van der Waals surface area (Å²) in [7, 11) is 0. The highest BCUT2D eigenvalue weighted by Gasteiger charge is 2.16. The van der Waals surface area contributed by atoms with E-state index in [1.54, 1.807) is 24.3 Å². The minimum Gasteiger partial charge on any atom is -0.507 e. The number of Topliss-reactive ketones (excluding diaryl/α,β-unsaturated/α-hetero) is 1. The van der Waals surface area contributed by atoms with Crippen LogP contribution in [0.15, 0.2) is 36.4 Å². The number of aromatic hydroxyl groups is 1. The topological polar surface area (TPSA) is 101 Å². The van der Waals surface area contributed by atoms with Crippen molar-refractivity contribution < 1.29 is 14.6 Å². The Labute approximate surface area is 144 Å². The molecule has 0 saturated carbocycles. The number of aromatic amines is 1. The number of nitrogens with zero attached hydrogens (tertiary/aromatic N) is 3. The number of hydrogen-bond donors (Lipinski definition) is 2. The third kappa shape index (κ3) is 3.50. The van der Waals surface area contributed by atoms with Gasteiger partial charge in [-0.3, -0.25) is 4.79 Å². The minimum atomic E-state index is -0.175. The third-order valence-electron chi connectivity index (χ3n) is 3.80. The van der Waals surface area contributed by atoms with Gasteiger partial charge in [-0.15, -0.1) is 10.2 Å². The van der Waals surface area contributed by atoms with E-state index in [4.69, 9.17) is 4.74 Å². The van der Waals surface area contributed by atoms with Gasteiger partial charge in [-0.25, -0.2) is 0 Å². The maximum atomic E-state index is 11.6. The lowest BCUT2D eigenvalue weighted by atomic mass is 10.0. The molecule has 0 aliphatic heterocycles. The molecule has 25 heavy (non-hydrogen) atoms. The van der Waals surface area contributed by atoms with Crippen molar-refractivity contribution in [3.8, 4) is 28.6 Å². The Morgan fingerprint density at radius 1 is 1.20 bits per heavy atom. The Bertz CT molecular complexity index is 874. The summed E-state index contributed by atoms with van der Waals surface area (Å²) in [5, 5.41) is 24.2. The lowest BCUT2D eigenvalue weighted by Gasteiger charge is -2.14. The molecule has 0 radical (unpaired) electrons. The van der Waals surface area contributed by atoms with Crippen molar-refractivity contribution in [3.05, 3.63) is 47.5 Å². The van der Waals surface area contributed by atoms with Crippen molar-refractivity contribution in [1.29, 1.82) is 0 Å². The summed E-state index contributed by atoms with van der Waals surface area (Å²) in [5.41, 5.74) is 1.75. The standard InChI is InChI=1S/C18H18N4O3/c1-3-4-15-16(10-9-14(11(2)23)17(15)24)25-13-7-5-12(6-8-13)18-19-21-22-20-18/h5-10,24H,3-4H2,1-2H3,(H,19,20,21,22). The average molecular weight is 338 g/mol. The van der Waals surface area contributed by atoms with Crippen molar-refractivity contribution in [3.63, 3.8) is 0 Å². The predicted molar refractivity (Wildman–Crippen MR) is 91.8 cm³/mol. The van der Waals surface area contributed by atoms with Gasteiger partial charge in [0.05, 0.1) is 5.56 Å². The maximum Gasteiger partial charge on any atom is 0.204 e. The van der Waals surface area contributed by atoms with Gasteiger partial charge in [0.2, 0.25) is 5.82 Å². The number of ketones is 1. The number of carbonyl (C=O) groups is 1. The van der Waals surface area contributed by atoms with E-state index < -0.39 is 0 Å². The molecule has 0 amide bonds. The van der Waals surface area contributed by atoms with Crippen LogP contribution < -0.4 is 4.74 Å². The van der Waals surface area contributed by atoms with E-state index in [0.29, 0.717) is 34.9 Å². The highest BCUT2D eigenvalue weighted by molar-refractivity contribution is 5.97. The first-order valence-corrected chi connectivity index (χ1v) is 7.97. The Kier molecular flexibility index (Phi) is 4.74. The normalized spacial score (nSPS) is 10.6. The molecule has 3 aromatic rings. The van der Waals surface area contributed by atoms with Crippen LogP contribution in [0.5, 0.6) is 17.2 Å². The van der Waals surface area contributed by atoms with Crippen LogP contribution >= 0.6 is 0 Å². The van der Waals surface area contributed by atoms with Crippen molar-refractivity contribution >= 4 is 5.78 Å². The molecular formula is C18H18N4O3. The molecule has 7 nitrogen and oxygen atoms in total. The van der Waals surface area contributed by atoms with E-state index >= 15 is 0 Å². The van der Waals surface area contributed by atoms with Crippen LogP contribution in [-0.4, -0.2) is 31.5 Å². The van der Waals surface area contributed by atoms with E-state index in [0.717, 1.165) is 12.0 Å². The van der Waals surface area contributed by atoms with Crippen LogP contribution in [0.1, 0.15) is 36.2 Å². The minimum absolute atomic E-state index is 0.00438. The van der Waals surface area contributed by atoms with Crippen molar-refractivity contribution in [2.45, 2.75) is 26.7 Å². The second-order valence-corrected chi connectivity index (χ2v) is 5.61. The summed E-state index contributed by atoms with van der Waals surface area (Å²) in [6.07, 6.45) is 1.44. The first-order chi connectivity index (χ1) is 12.1. The second kappa shape index (κ2) is 7.12. The van der Waals surface area contributed by atoms with Gasteiger partial charge in [0, 0.05) is 11.1 Å². The SMILES string of the molecule is CCCc1c(Oc2ccc(-c3nn[nH]n3)cc2)ccc(C(C)=O)c1O. The third-order valence-corrected chi connectivity index (χ3v) is 3.80. The van der Waals surface area contributed by atoms with E-state index in [2.05, 4.69) is 20.6 Å². The van der Waals surface area contributed by atoms with Crippen LogP contribution in [0.3, 0.4) is 0 Å². The molecule has 0 aliphatic rings. The molecule has 2 N–H and O–H groups in total. The lowest BCUT2D eigenvalue weighted by Crippen LogP contribution is -1.99. The van der Waals surface area contributed by atoms with Gasteiger partial charge in [-0.2, -0.15) is 5.21 Å². The van der Waals surface area contributed by atoms with Crippen molar-refractivity contribution in [2.75, 3.05) is 0 Å². The summed E-state index contributed by atoms with van der Waals surface area (Å²) in [5.74, 6) is 1.47. The number of H-pyrrole nitrogens is 1. The number of aromatic nitrogens is 4. The molecule has 7 heteroatoms. The van der Waals surface area contributed by atoms with E-state index in [9.17, 15) is 9.90 Å².